The van der Waals surface area contributed by atoms with Gasteiger partial charge in [-0.05, 0) is 54.3 Å². The van der Waals surface area contributed by atoms with Gasteiger partial charge >= 0.3 is 5.97 Å². The minimum absolute atomic E-state index is 0.370. The summed E-state index contributed by atoms with van der Waals surface area (Å²) in [7, 11) is -1.78. The predicted octanol–water partition coefficient (Wildman–Crippen LogP) is 4.11. The summed E-state index contributed by atoms with van der Waals surface area (Å²) in [6.07, 6.45) is 2.63. The molecule has 1 fully saturated rings. The first kappa shape index (κ1) is 21.4. The van der Waals surface area contributed by atoms with E-state index in [1.165, 1.54) is 10.6 Å². The molecule has 0 spiro atoms. The zero-order chi connectivity index (χ0) is 21.3. The van der Waals surface area contributed by atoms with Crippen LogP contribution >= 0.6 is 23.5 Å². The first-order chi connectivity index (χ1) is 14.4. The number of benzene rings is 2. The van der Waals surface area contributed by atoms with Gasteiger partial charge in [0, 0.05) is 18.1 Å². The van der Waals surface area contributed by atoms with Gasteiger partial charge < -0.3 is 9.47 Å². The zero-order valence-electron chi connectivity index (χ0n) is 16.8. The van der Waals surface area contributed by atoms with Gasteiger partial charge in [0.2, 0.25) is 10.0 Å². The normalized spacial score (nSPS) is 16.9. The first-order valence-electron chi connectivity index (χ1n) is 9.61. The topological polar surface area (TPSA) is 72.9 Å². The van der Waals surface area contributed by atoms with Crippen LogP contribution < -0.4 is 13.8 Å². The van der Waals surface area contributed by atoms with Crippen molar-refractivity contribution in [3.63, 3.8) is 0 Å². The molecule has 0 radical (unpaired) electrons. The fourth-order valence-corrected chi connectivity index (χ4v) is 7.49. The fourth-order valence-electron chi connectivity index (χ4n) is 3.66. The molecule has 0 aromatic heterocycles. The summed E-state index contributed by atoms with van der Waals surface area (Å²) in [5.41, 5.74) is 3.00. The molecule has 0 atom stereocenters. The number of methoxy groups -OCH3 is 1. The van der Waals surface area contributed by atoms with Crippen molar-refractivity contribution < 1.29 is 22.7 Å². The maximum absolute atomic E-state index is 12.8. The number of carbonyl (C=O) groups excluding carboxylic acids is 1. The lowest BCUT2D eigenvalue weighted by Crippen LogP contribution is -2.34. The molecular formula is C21H23NO5S3. The van der Waals surface area contributed by atoms with Crippen molar-refractivity contribution in [3.8, 4) is 11.5 Å². The lowest BCUT2D eigenvalue weighted by atomic mass is 10.0. The van der Waals surface area contributed by atoms with E-state index in [0.29, 0.717) is 40.3 Å². The number of hydrogen-bond acceptors (Lipinski definition) is 7. The van der Waals surface area contributed by atoms with Crippen LogP contribution in [0.1, 0.15) is 32.5 Å². The Morgan fingerprint density at radius 3 is 2.57 bits per heavy atom. The summed E-state index contributed by atoms with van der Waals surface area (Å²) in [5.74, 6) is 2.65. The van der Waals surface area contributed by atoms with Gasteiger partial charge in [0.05, 0.1) is 29.2 Å². The number of thioether (sulfide) groups is 2. The Kier molecular flexibility index (Phi) is 6.22. The van der Waals surface area contributed by atoms with Gasteiger partial charge in [0.1, 0.15) is 0 Å². The van der Waals surface area contributed by atoms with Crippen LogP contribution in [0.2, 0.25) is 0 Å². The molecular weight excluding hydrogens is 442 g/mol. The molecule has 160 valence electrons. The van der Waals surface area contributed by atoms with Crippen LogP contribution in [0.4, 0.5) is 5.69 Å². The highest BCUT2D eigenvalue weighted by Gasteiger charge is 2.25. The van der Waals surface area contributed by atoms with Crippen molar-refractivity contribution in [3.05, 3.63) is 53.1 Å². The van der Waals surface area contributed by atoms with Gasteiger partial charge in [0.25, 0.3) is 0 Å². The summed E-state index contributed by atoms with van der Waals surface area (Å²) < 4.78 is 36.9. The molecule has 0 unspecified atom stereocenters. The molecule has 0 aliphatic carbocycles. The number of rotatable bonds is 5. The highest BCUT2D eigenvalue weighted by atomic mass is 32.2. The first-order valence-corrected chi connectivity index (χ1v) is 13.6. The summed E-state index contributed by atoms with van der Waals surface area (Å²) in [6.45, 7) is 0.455. The van der Waals surface area contributed by atoms with E-state index < -0.39 is 16.0 Å². The molecule has 1 saturated heterocycles. The quantitative estimate of drug-likeness (QED) is 0.486. The van der Waals surface area contributed by atoms with E-state index in [-0.39, 0.29) is 0 Å². The minimum atomic E-state index is -3.34. The van der Waals surface area contributed by atoms with E-state index in [1.807, 2.05) is 35.7 Å². The van der Waals surface area contributed by atoms with E-state index >= 15 is 0 Å². The van der Waals surface area contributed by atoms with E-state index in [1.54, 1.807) is 31.4 Å². The Hall–Kier alpha value is -1.84. The Bertz CT molecular complexity index is 1060. The SMILES string of the molecule is COc1cc(C2SCCS2)ccc1OC(=O)c1ccc2c(c1)CCCN2S(C)(=O)=O. The van der Waals surface area contributed by atoms with Crippen LogP contribution in [-0.4, -0.2) is 45.8 Å². The van der Waals surface area contributed by atoms with Crippen molar-refractivity contribution in [1.29, 1.82) is 0 Å². The molecule has 6 nitrogen and oxygen atoms in total. The Labute approximate surface area is 185 Å². The van der Waals surface area contributed by atoms with Crippen LogP contribution in [0.3, 0.4) is 0 Å². The molecule has 2 heterocycles. The standard InChI is InChI=1S/C21H23NO5S3/c1-26-19-13-16(21-28-10-11-29-21)6-8-18(19)27-20(23)15-5-7-17-14(12-15)4-3-9-22(17)30(2,24)25/h5-8,12-13,21H,3-4,9-11H2,1-2H3. The lowest BCUT2D eigenvalue weighted by molar-refractivity contribution is 0.0729. The lowest BCUT2D eigenvalue weighted by Gasteiger charge is -2.29. The third-order valence-electron chi connectivity index (χ3n) is 5.08. The summed E-state index contributed by atoms with van der Waals surface area (Å²) >= 11 is 3.80. The maximum Gasteiger partial charge on any atom is 0.343 e. The Balaban J connectivity index is 1.56. The largest absolute Gasteiger partial charge is 0.493 e. The van der Waals surface area contributed by atoms with Crippen LogP contribution in [-0.2, 0) is 16.4 Å². The van der Waals surface area contributed by atoms with E-state index in [9.17, 15) is 13.2 Å². The molecule has 2 aromatic carbocycles. The average molecular weight is 466 g/mol. The van der Waals surface area contributed by atoms with Crippen molar-refractivity contribution in [2.75, 3.05) is 35.7 Å². The Morgan fingerprint density at radius 1 is 1.10 bits per heavy atom. The highest BCUT2D eigenvalue weighted by molar-refractivity contribution is 8.19. The molecule has 2 aromatic rings. The molecule has 4 rings (SSSR count). The van der Waals surface area contributed by atoms with Crippen molar-refractivity contribution in [2.24, 2.45) is 0 Å². The van der Waals surface area contributed by atoms with Gasteiger partial charge in [-0.15, -0.1) is 23.5 Å². The third-order valence-corrected chi connectivity index (χ3v) is 9.36. The zero-order valence-corrected chi connectivity index (χ0v) is 19.2. The van der Waals surface area contributed by atoms with Gasteiger partial charge in [-0.25, -0.2) is 13.2 Å². The number of fused-ring (bicyclic) bond motifs is 1. The van der Waals surface area contributed by atoms with Crippen LogP contribution in [0.25, 0.3) is 0 Å². The number of ether oxygens (including phenoxy) is 2. The van der Waals surface area contributed by atoms with E-state index in [2.05, 4.69) is 0 Å². The number of anilines is 1. The van der Waals surface area contributed by atoms with Gasteiger partial charge in [0.15, 0.2) is 11.5 Å². The van der Waals surface area contributed by atoms with Crippen molar-refractivity contribution >= 4 is 45.2 Å². The number of sulfonamides is 1. The maximum atomic E-state index is 12.8. The second-order valence-electron chi connectivity index (χ2n) is 7.16. The number of nitrogens with zero attached hydrogens (tertiary/aromatic N) is 1. The van der Waals surface area contributed by atoms with Crippen molar-refractivity contribution in [2.45, 2.75) is 17.4 Å². The van der Waals surface area contributed by atoms with E-state index in [0.717, 1.165) is 29.1 Å². The second-order valence-corrected chi connectivity index (χ2v) is 11.8. The molecule has 0 amide bonds. The number of carbonyl (C=O) groups is 1. The number of aryl methyl sites for hydroxylation is 1. The average Bonchev–Trinajstić information content (AvgIpc) is 3.27. The summed E-state index contributed by atoms with van der Waals surface area (Å²) in [4.78, 5) is 12.8. The second kappa shape index (κ2) is 8.72. The fraction of sp³-hybridized carbons (Fsp3) is 0.381. The molecule has 0 saturated carbocycles. The van der Waals surface area contributed by atoms with Crippen LogP contribution in [0.15, 0.2) is 36.4 Å². The van der Waals surface area contributed by atoms with Crippen molar-refractivity contribution in [1.82, 2.24) is 0 Å². The van der Waals surface area contributed by atoms with Gasteiger partial charge in [-0.1, -0.05) is 6.07 Å². The summed E-state index contributed by atoms with van der Waals surface area (Å²) in [5, 5.41) is 0. The van der Waals surface area contributed by atoms with Gasteiger partial charge in [-0.3, -0.25) is 4.31 Å². The molecule has 0 bridgehead atoms. The predicted molar refractivity (Wildman–Crippen MR) is 123 cm³/mol. The molecule has 2 aliphatic rings. The number of hydrogen-bond donors (Lipinski definition) is 0. The number of esters is 1. The molecule has 30 heavy (non-hydrogen) atoms. The molecule has 9 heteroatoms. The van der Waals surface area contributed by atoms with Crippen LogP contribution in [0.5, 0.6) is 11.5 Å². The van der Waals surface area contributed by atoms with E-state index in [4.69, 9.17) is 9.47 Å². The minimum Gasteiger partial charge on any atom is -0.493 e. The smallest absolute Gasteiger partial charge is 0.343 e. The monoisotopic (exact) mass is 465 g/mol. The molecule has 2 aliphatic heterocycles. The highest BCUT2D eigenvalue weighted by Crippen LogP contribution is 2.47. The van der Waals surface area contributed by atoms with Gasteiger partial charge in [-0.2, -0.15) is 0 Å². The Morgan fingerprint density at radius 2 is 1.87 bits per heavy atom. The molecule has 0 N–H and O–H groups in total. The third kappa shape index (κ3) is 4.43. The van der Waals surface area contributed by atoms with Crippen LogP contribution in [0, 0.1) is 0 Å². The summed E-state index contributed by atoms with van der Waals surface area (Å²) in [6, 6.07) is 10.7.